The molecule has 3 atom stereocenters. The zero-order valence-corrected chi connectivity index (χ0v) is 17.2. The molecular weight excluding hydrogens is 400 g/mol. The van der Waals surface area contributed by atoms with Crippen LogP contribution in [-0.4, -0.2) is 34.6 Å². The summed E-state index contributed by atoms with van der Waals surface area (Å²) in [5, 5.41) is 0. The number of fused-ring (bicyclic) bond motifs is 3. The standard InChI is InChI=1S/C24H23F2N3O2/c1-15-27-7-6-23(28-15)31-13-17-12-29(11-16-8-18(25)10-19(26)9-16)24-20-4-2-3-5-22(20)30-14-21(17)24/h2-10,17,21,24H,11-14H2,1H3/t17-,21-,24-/m0/s1. The Morgan fingerprint density at radius 1 is 1.13 bits per heavy atom. The number of hydrogen-bond donors (Lipinski definition) is 0. The number of hydrogen-bond acceptors (Lipinski definition) is 5. The normalized spacial score (nSPS) is 22.5. The van der Waals surface area contributed by atoms with Crippen LogP contribution < -0.4 is 9.47 Å². The van der Waals surface area contributed by atoms with Gasteiger partial charge in [-0.2, -0.15) is 4.98 Å². The van der Waals surface area contributed by atoms with Crippen molar-refractivity contribution in [2.24, 2.45) is 11.8 Å². The van der Waals surface area contributed by atoms with Crippen molar-refractivity contribution in [3.05, 3.63) is 83.3 Å². The summed E-state index contributed by atoms with van der Waals surface area (Å²) in [4.78, 5) is 10.7. The number of para-hydroxylation sites is 1. The highest BCUT2D eigenvalue weighted by atomic mass is 19.1. The van der Waals surface area contributed by atoms with Crippen LogP contribution in [0.15, 0.2) is 54.7 Å². The molecular formula is C24H23F2N3O2. The first-order valence-electron chi connectivity index (χ1n) is 10.4. The monoisotopic (exact) mass is 423 g/mol. The van der Waals surface area contributed by atoms with Crippen LogP contribution in [0.5, 0.6) is 11.6 Å². The molecule has 0 saturated carbocycles. The third-order valence-corrected chi connectivity index (χ3v) is 6.05. The summed E-state index contributed by atoms with van der Waals surface area (Å²) >= 11 is 0. The number of rotatable bonds is 5. The fraction of sp³-hybridized carbons (Fsp3) is 0.333. The molecule has 0 unspecified atom stereocenters. The first kappa shape index (κ1) is 19.9. The molecule has 1 saturated heterocycles. The molecule has 0 radical (unpaired) electrons. The van der Waals surface area contributed by atoms with E-state index in [1.165, 1.54) is 12.1 Å². The lowest BCUT2D eigenvalue weighted by atomic mass is 9.85. The maximum atomic E-state index is 13.8. The summed E-state index contributed by atoms with van der Waals surface area (Å²) in [6.07, 6.45) is 1.68. The van der Waals surface area contributed by atoms with Gasteiger partial charge in [-0.15, -0.1) is 0 Å². The predicted octanol–water partition coefficient (Wildman–Crippen LogP) is 4.32. The van der Waals surface area contributed by atoms with E-state index in [0.29, 0.717) is 37.0 Å². The lowest BCUT2D eigenvalue weighted by Gasteiger charge is -2.34. The molecule has 0 aliphatic carbocycles. The smallest absolute Gasteiger partial charge is 0.216 e. The molecule has 160 valence electrons. The zero-order valence-electron chi connectivity index (χ0n) is 17.2. The Morgan fingerprint density at radius 3 is 2.74 bits per heavy atom. The Balaban J connectivity index is 1.41. The number of halogens is 2. The molecule has 7 heteroatoms. The molecule has 1 aromatic heterocycles. The van der Waals surface area contributed by atoms with Crippen LogP contribution in [0.4, 0.5) is 8.78 Å². The zero-order chi connectivity index (χ0) is 21.4. The van der Waals surface area contributed by atoms with Crippen molar-refractivity contribution in [3.8, 4) is 11.6 Å². The number of likely N-dealkylation sites (tertiary alicyclic amines) is 1. The van der Waals surface area contributed by atoms with Crippen molar-refractivity contribution in [2.75, 3.05) is 19.8 Å². The molecule has 1 fully saturated rings. The summed E-state index contributed by atoms with van der Waals surface area (Å²) in [7, 11) is 0. The Hall–Kier alpha value is -3.06. The minimum absolute atomic E-state index is 0.0945. The van der Waals surface area contributed by atoms with Crippen LogP contribution in [0.25, 0.3) is 0 Å². The van der Waals surface area contributed by atoms with Crippen molar-refractivity contribution in [2.45, 2.75) is 19.5 Å². The predicted molar refractivity (Wildman–Crippen MR) is 111 cm³/mol. The van der Waals surface area contributed by atoms with E-state index in [2.05, 4.69) is 20.9 Å². The van der Waals surface area contributed by atoms with E-state index in [1.54, 1.807) is 12.3 Å². The summed E-state index contributed by atoms with van der Waals surface area (Å²) < 4.78 is 39.6. The SMILES string of the molecule is Cc1nccc(OC[C@@H]2CN(Cc3cc(F)cc(F)c3)[C@H]3c4ccccc4OC[C@@H]23)n1. The number of ether oxygens (including phenoxy) is 2. The first-order chi connectivity index (χ1) is 15.1. The highest BCUT2D eigenvalue weighted by molar-refractivity contribution is 5.39. The second kappa shape index (κ2) is 8.23. The summed E-state index contributed by atoms with van der Waals surface area (Å²) in [6.45, 7) is 4.07. The summed E-state index contributed by atoms with van der Waals surface area (Å²) in [6, 6.07) is 13.5. The summed E-state index contributed by atoms with van der Waals surface area (Å²) in [5.41, 5.74) is 1.73. The molecule has 5 rings (SSSR count). The van der Waals surface area contributed by atoms with Crippen molar-refractivity contribution in [1.29, 1.82) is 0 Å². The molecule has 2 aliphatic heterocycles. The van der Waals surface area contributed by atoms with Gasteiger partial charge in [0.1, 0.15) is 23.2 Å². The molecule has 3 heterocycles. The summed E-state index contributed by atoms with van der Waals surface area (Å²) in [5.74, 6) is 1.35. The van der Waals surface area contributed by atoms with Crippen molar-refractivity contribution < 1.29 is 18.3 Å². The van der Waals surface area contributed by atoms with E-state index in [-0.39, 0.29) is 17.9 Å². The molecule has 0 bridgehead atoms. The number of aromatic nitrogens is 2. The van der Waals surface area contributed by atoms with Gasteiger partial charge < -0.3 is 9.47 Å². The van der Waals surface area contributed by atoms with Crippen molar-refractivity contribution in [3.63, 3.8) is 0 Å². The van der Waals surface area contributed by atoms with E-state index in [4.69, 9.17) is 9.47 Å². The topological polar surface area (TPSA) is 47.5 Å². The molecule has 0 spiro atoms. The third kappa shape index (κ3) is 4.10. The van der Waals surface area contributed by atoms with E-state index in [1.807, 2.05) is 25.1 Å². The first-order valence-corrected chi connectivity index (χ1v) is 10.4. The van der Waals surface area contributed by atoms with Crippen LogP contribution in [-0.2, 0) is 6.54 Å². The van der Waals surface area contributed by atoms with E-state index >= 15 is 0 Å². The largest absolute Gasteiger partial charge is 0.493 e. The molecule has 31 heavy (non-hydrogen) atoms. The number of benzene rings is 2. The molecule has 0 N–H and O–H groups in total. The van der Waals surface area contributed by atoms with Gasteiger partial charge in [0, 0.05) is 54.9 Å². The molecule has 5 nitrogen and oxygen atoms in total. The highest BCUT2D eigenvalue weighted by Crippen LogP contribution is 2.47. The Bertz CT molecular complexity index is 1070. The highest BCUT2D eigenvalue weighted by Gasteiger charge is 2.46. The quantitative estimate of drug-likeness (QED) is 0.612. The van der Waals surface area contributed by atoms with Gasteiger partial charge in [0.2, 0.25) is 5.88 Å². The third-order valence-electron chi connectivity index (χ3n) is 6.05. The van der Waals surface area contributed by atoms with Gasteiger partial charge in [0.05, 0.1) is 13.2 Å². The van der Waals surface area contributed by atoms with Gasteiger partial charge in [-0.05, 0) is 30.7 Å². The van der Waals surface area contributed by atoms with Crippen molar-refractivity contribution >= 4 is 0 Å². The van der Waals surface area contributed by atoms with Gasteiger partial charge in [0.25, 0.3) is 0 Å². The second-order valence-electron chi connectivity index (χ2n) is 8.18. The Labute approximate surface area is 179 Å². The number of aryl methyl sites for hydroxylation is 1. The fourth-order valence-corrected chi connectivity index (χ4v) is 4.76. The Morgan fingerprint density at radius 2 is 1.94 bits per heavy atom. The fourth-order valence-electron chi connectivity index (χ4n) is 4.76. The molecule has 0 amide bonds. The maximum absolute atomic E-state index is 13.8. The van der Waals surface area contributed by atoms with E-state index < -0.39 is 11.6 Å². The minimum atomic E-state index is -0.558. The Kier molecular flexibility index (Phi) is 5.28. The van der Waals surface area contributed by atoms with E-state index in [9.17, 15) is 8.78 Å². The average Bonchev–Trinajstić information content (AvgIpc) is 3.09. The van der Waals surface area contributed by atoms with Crippen LogP contribution >= 0.6 is 0 Å². The van der Waals surface area contributed by atoms with Gasteiger partial charge >= 0.3 is 0 Å². The van der Waals surface area contributed by atoms with Crippen molar-refractivity contribution in [1.82, 2.24) is 14.9 Å². The van der Waals surface area contributed by atoms with Crippen LogP contribution in [0, 0.1) is 30.4 Å². The second-order valence-corrected chi connectivity index (χ2v) is 8.18. The van der Waals surface area contributed by atoms with Gasteiger partial charge in [-0.25, -0.2) is 13.8 Å². The van der Waals surface area contributed by atoms with Gasteiger partial charge in [-0.1, -0.05) is 18.2 Å². The number of nitrogens with zero attached hydrogens (tertiary/aromatic N) is 3. The van der Waals surface area contributed by atoms with Crippen LogP contribution in [0.3, 0.4) is 0 Å². The minimum Gasteiger partial charge on any atom is -0.493 e. The van der Waals surface area contributed by atoms with Crippen LogP contribution in [0.2, 0.25) is 0 Å². The molecule has 2 aliphatic rings. The van der Waals surface area contributed by atoms with Crippen LogP contribution in [0.1, 0.15) is 23.0 Å². The van der Waals surface area contributed by atoms with Gasteiger partial charge in [0.15, 0.2) is 0 Å². The lowest BCUT2D eigenvalue weighted by Crippen LogP contribution is -2.32. The lowest BCUT2D eigenvalue weighted by molar-refractivity contribution is 0.121. The molecule has 3 aromatic rings. The van der Waals surface area contributed by atoms with Gasteiger partial charge in [-0.3, -0.25) is 4.90 Å². The van der Waals surface area contributed by atoms with E-state index in [0.717, 1.165) is 23.9 Å². The maximum Gasteiger partial charge on any atom is 0.216 e. The molecule has 2 aromatic carbocycles. The average molecular weight is 423 g/mol.